The van der Waals surface area contributed by atoms with Crippen molar-refractivity contribution in [1.82, 2.24) is 0 Å². The molecule has 0 aliphatic rings. The van der Waals surface area contributed by atoms with E-state index in [4.69, 9.17) is 8.98 Å². The molecule has 0 bridgehead atoms. The van der Waals surface area contributed by atoms with E-state index in [1.165, 1.54) is 0 Å². The van der Waals surface area contributed by atoms with Crippen LogP contribution in [0.1, 0.15) is 26.2 Å². The Morgan fingerprint density at radius 1 is 1.30 bits per heavy atom. The number of ether oxygens (including phenoxy) is 1. The topological polar surface area (TPSA) is 89.9 Å². The molecule has 0 aromatic rings. The quantitative estimate of drug-likeness (QED) is 0.376. The first-order chi connectivity index (χ1) is 10.2. The number of hydrogen-bond donors (Lipinski definition) is 1. The average Bonchev–Trinajstić information content (AvgIpc) is 2.35. The monoisotopic (exact) mass is 380 g/mol. The van der Waals surface area contributed by atoms with E-state index < -0.39 is 42.4 Å². The lowest BCUT2D eigenvalue weighted by Gasteiger charge is -2.27. The van der Waals surface area contributed by atoms with Gasteiger partial charge in [0.15, 0.2) is 8.32 Å². The largest absolute Gasteiger partial charge is 0.451 e. The smallest absolute Gasteiger partial charge is 0.426 e. The van der Waals surface area contributed by atoms with Crippen molar-refractivity contribution in [1.29, 1.82) is 0 Å². The van der Waals surface area contributed by atoms with E-state index in [0.29, 0.717) is 12.8 Å². The van der Waals surface area contributed by atoms with Crippen molar-refractivity contribution in [2.24, 2.45) is 0 Å². The highest BCUT2D eigenvalue weighted by molar-refractivity contribution is 7.85. The zero-order chi connectivity index (χ0) is 18.5. The van der Waals surface area contributed by atoms with E-state index in [0.717, 1.165) is 0 Å². The summed E-state index contributed by atoms with van der Waals surface area (Å²) in [5, 5.41) is 0. The molecule has 138 valence electrons. The number of carbonyl (C=O) groups excluding carboxylic acids is 1. The van der Waals surface area contributed by atoms with Crippen LogP contribution in [0.15, 0.2) is 0 Å². The molecule has 0 radical (unpaired) electrons. The van der Waals surface area contributed by atoms with Crippen LogP contribution >= 0.6 is 0 Å². The molecule has 0 rings (SSSR count). The molecule has 0 saturated carbocycles. The Kier molecular flexibility index (Phi) is 8.21. The first kappa shape index (κ1) is 22.3. The maximum absolute atomic E-state index is 12.6. The molecule has 0 aromatic carbocycles. The second-order valence-electron chi connectivity index (χ2n) is 5.87. The molecular formula is C12H23F3O6SSi. The fourth-order valence-electron chi connectivity index (χ4n) is 1.71. The maximum atomic E-state index is 12.6. The zero-order valence-corrected chi connectivity index (χ0v) is 15.3. The Hall–Kier alpha value is -0.653. The molecule has 0 saturated heterocycles. The number of rotatable bonds is 9. The van der Waals surface area contributed by atoms with Gasteiger partial charge in [-0.15, -0.1) is 0 Å². The van der Waals surface area contributed by atoms with Crippen molar-refractivity contribution in [3.8, 4) is 0 Å². The Bertz CT molecular complexity index is 492. The number of hydrogen-bond acceptors (Lipinski definition) is 5. The summed E-state index contributed by atoms with van der Waals surface area (Å²) in [6, 6.07) is 0. The fourth-order valence-corrected chi connectivity index (χ4v) is 3.65. The van der Waals surface area contributed by atoms with Gasteiger partial charge in [-0.25, -0.2) is 0 Å². The van der Waals surface area contributed by atoms with Gasteiger partial charge in [-0.3, -0.25) is 9.35 Å². The molecule has 0 aliphatic carbocycles. The highest BCUT2D eigenvalue weighted by Gasteiger charge is 2.45. The number of carbonyl (C=O) groups is 1. The van der Waals surface area contributed by atoms with Crippen LogP contribution in [0.3, 0.4) is 0 Å². The van der Waals surface area contributed by atoms with Crippen LogP contribution in [-0.2, 0) is 24.1 Å². The Morgan fingerprint density at radius 2 is 1.83 bits per heavy atom. The fraction of sp³-hybridized carbons (Fsp3) is 0.917. The van der Waals surface area contributed by atoms with Crippen LogP contribution in [0.4, 0.5) is 13.2 Å². The Labute approximate surface area is 135 Å². The first-order valence-corrected chi connectivity index (χ1v) is 11.5. The number of alkyl halides is 3. The molecular weight excluding hydrogens is 357 g/mol. The normalized spacial score (nSPS) is 16.0. The number of esters is 1. The van der Waals surface area contributed by atoms with Crippen molar-refractivity contribution in [2.75, 3.05) is 12.9 Å². The van der Waals surface area contributed by atoms with Gasteiger partial charge in [0.25, 0.3) is 10.1 Å². The summed E-state index contributed by atoms with van der Waals surface area (Å²) >= 11 is 0. The molecule has 23 heavy (non-hydrogen) atoms. The molecule has 0 fully saturated rings. The van der Waals surface area contributed by atoms with Gasteiger partial charge in [0.1, 0.15) is 5.75 Å². The average molecular weight is 380 g/mol. The van der Waals surface area contributed by atoms with E-state index in [9.17, 15) is 26.4 Å². The second-order valence-corrected chi connectivity index (χ2v) is 12.0. The third-order valence-electron chi connectivity index (χ3n) is 3.73. The minimum absolute atomic E-state index is 0.191. The van der Waals surface area contributed by atoms with E-state index in [1.54, 1.807) is 7.11 Å². The third-order valence-corrected chi connectivity index (χ3v) is 8.17. The summed E-state index contributed by atoms with van der Waals surface area (Å²) in [5.41, 5.74) is 0.191. The molecule has 0 heterocycles. The third kappa shape index (κ3) is 9.28. The first-order valence-electron chi connectivity index (χ1n) is 6.95. The summed E-state index contributed by atoms with van der Waals surface area (Å²) in [7, 11) is -5.21. The molecule has 0 aliphatic heterocycles. The summed E-state index contributed by atoms with van der Waals surface area (Å²) in [6.07, 6.45) is -7.32. The van der Waals surface area contributed by atoms with Gasteiger partial charge in [0.05, 0.1) is 0 Å². The van der Waals surface area contributed by atoms with Crippen LogP contribution in [0.5, 0.6) is 0 Å². The SMILES string of the molecule is CO[Si](C)(C)C(C)CCCC(=O)OC(CS(=O)(=O)O)C(F)(F)F. The van der Waals surface area contributed by atoms with Crippen LogP contribution in [-0.4, -0.2) is 52.4 Å². The molecule has 0 spiro atoms. The minimum Gasteiger partial charge on any atom is -0.451 e. The molecule has 2 unspecified atom stereocenters. The van der Waals surface area contributed by atoms with Crippen molar-refractivity contribution in [2.45, 2.75) is 57.1 Å². The van der Waals surface area contributed by atoms with E-state index in [1.807, 2.05) is 20.0 Å². The zero-order valence-electron chi connectivity index (χ0n) is 13.5. The highest BCUT2D eigenvalue weighted by Crippen LogP contribution is 2.28. The minimum atomic E-state index is -5.07. The summed E-state index contributed by atoms with van der Waals surface area (Å²) < 4.78 is 77.0. The van der Waals surface area contributed by atoms with Crippen LogP contribution in [0.25, 0.3) is 0 Å². The van der Waals surface area contributed by atoms with Crippen molar-refractivity contribution in [3.63, 3.8) is 0 Å². The standard InChI is InChI=1S/C12H23F3O6SSi/c1-9(23(3,4)20-2)6-5-7-11(16)21-10(12(13,14)15)8-22(17,18)19/h9-10H,5-8H2,1-4H3,(H,17,18,19). The van der Waals surface area contributed by atoms with E-state index in [2.05, 4.69) is 4.74 Å². The summed E-state index contributed by atoms with van der Waals surface area (Å²) in [6.45, 7) is 5.92. The molecule has 0 amide bonds. The molecule has 2 atom stereocenters. The van der Waals surface area contributed by atoms with Crippen LogP contribution < -0.4 is 0 Å². The summed E-state index contributed by atoms with van der Waals surface area (Å²) in [4.78, 5) is 11.5. The second kappa shape index (κ2) is 8.45. The molecule has 1 N–H and O–H groups in total. The van der Waals surface area contributed by atoms with Gasteiger partial charge in [-0.2, -0.15) is 21.6 Å². The number of halogens is 3. The lowest BCUT2D eigenvalue weighted by Crippen LogP contribution is -2.39. The lowest BCUT2D eigenvalue weighted by molar-refractivity contribution is -0.215. The van der Waals surface area contributed by atoms with Gasteiger partial charge >= 0.3 is 12.1 Å². The van der Waals surface area contributed by atoms with Gasteiger partial charge in [0.2, 0.25) is 6.10 Å². The highest BCUT2D eigenvalue weighted by atomic mass is 32.2. The predicted molar refractivity (Wildman–Crippen MR) is 80.1 cm³/mol. The molecule has 6 nitrogen and oxygen atoms in total. The maximum Gasteiger partial charge on any atom is 0.426 e. The lowest BCUT2D eigenvalue weighted by atomic mass is 10.2. The van der Waals surface area contributed by atoms with Crippen molar-refractivity contribution >= 4 is 24.4 Å². The van der Waals surface area contributed by atoms with Crippen molar-refractivity contribution < 1.29 is 40.1 Å². The summed E-state index contributed by atoms with van der Waals surface area (Å²) in [5.74, 6) is -2.86. The molecule has 11 heteroatoms. The molecule has 0 aromatic heterocycles. The van der Waals surface area contributed by atoms with Gasteiger partial charge in [-0.1, -0.05) is 13.3 Å². The van der Waals surface area contributed by atoms with Crippen LogP contribution in [0, 0.1) is 0 Å². The Balaban J connectivity index is 4.51. The van der Waals surface area contributed by atoms with E-state index >= 15 is 0 Å². The Morgan fingerprint density at radius 3 is 2.22 bits per heavy atom. The predicted octanol–water partition coefficient (Wildman–Crippen LogP) is 2.76. The van der Waals surface area contributed by atoms with Crippen LogP contribution in [0.2, 0.25) is 18.6 Å². The van der Waals surface area contributed by atoms with Gasteiger partial charge in [0, 0.05) is 13.5 Å². The van der Waals surface area contributed by atoms with Crippen molar-refractivity contribution in [3.05, 3.63) is 0 Å². The van der Waals surface area contributed by atoms with E-state index in [-0.39, 0.29) is 12.0 Å². The van der Waals surface area contributed by atoms with Gasteiger partial charge in [-0.05, 0) is 25.1 Å². The van der Waals surface area contributed by atoms with Gasteiger partial charge < -0.3 is 9.16 Å².